The second-order valence-corrected chi connectivity index (χ2v) is 3.39. The van der Waals surface area contributed by atoms with Crippen molar-refractivity contribution in [3.8, 4) is 0 Å². The first-order chi connectivity index (χ1) is 7.72. The van der Waals surface area contributed by atoms with Crippen LogP contribution in [0.4, 0.5) is 0 Å². The third kappa shape index (κ3) is 5.20. The molecule has 0 bridgehead atoms. The molecule has 17 heavy (non-hydrogen) atoms. The van der Waals surface area contributed by atoms with E-state index in [-0.39, 0.29) is 14.0 Å². The lowest BCUT2D eigenvalue weighted by Crippen LogP contribution is -2.26. The van der Waals surface area contributed by atoms with E-state index in [1.807, 2.05) is 33.8 Å². The highest BCUT2D eigenvalue weighted by atomic mass is 16.1. The van der Waals surface area contributed by atoms with E-state index >= 15 is 0 Å². The maximum Gasteiger partial charge on any atom is 0.269 e. The lowest BCUT2D eigenvalue weighted by atomic mass is 10.1. The van der Waals surface area contributed by atoms with Crippen LogP contribution in [0.1, 0.15) is 52.3 Å². The standard InChI is InChI=1S/C11H18N2O.C2H6.B/c1-4-7-10-8-9(5-2)11(14)13(6-3)12-10;1-2;/h8H,4-7H2,1-3H3;1-2H3;. The summed E-state index contributed by atoms with van der Waals surface area (Å²) >= 11 is 0. The van der Waals surface area contributed by atoms with Crippen molar-refractivity contribution in [1.82, 2.24) is 9.78 Å². The highest BCUT2D eigenvalue weighted by Crippen LogP contribution is 2.01. The maximum atomic E-state index is 11.7. The normalized spacial score (nSPS) is 9.00. The molecule has 1 heterocycles. The smallest absolute Gasteiger partial charge is 0.268 e. The predicted molar refractivity (Wildman–Crippen MR) is 74.6 cm³/mol. The highest BCUT2D eigenvalue weighted by molar-refractivity contribution is 5.75. The van der Waals surface area contributed by atoms with Gasteiger partial charge in [0.1, 0.15) is 0 Å². The molecule has 0 aromatic carbocycles. The van der Waals surface area contributed by atoms with Crippen LogP contribution < -0.4 is 5.56 Å². The Labute approximate surface area is 107 Å². The third-order valence-electron chi connectivity index (χ3n) is 2.29. The molecule has 1 aromatic rings. The number of hydrogen-bond acceptors (Lipinski definition) is 2. The summed E-state index contributed by atoms with van der Waals surface area (Å²) in [6.45, 7) is 10.7. The van der Waals surface area contributed by atoms with E-state index in [9.17, 15) is 4.79 Å². The summed E-state index contributed by atoms with van der Waals surface area (Å²) in [6.07, 6.45) is 2.81. The van der Waals surface area contributed by atoms with Gasteiger partial charge >= 0.3 is 0 Å². The van der Waals surface area contributed by atoms with Crippen molar-refractivity contribution < 1.29 is 0 Å². The summed E-state index contributed by atoms with van der Waals surface area (Å²) in [5.74, 6) is 0. The van der Waals surface area contributed by atoms with Gasteiger partial charge in [0.2, 0.25) is 0 Å². The van der Waals surface area contributed by atoms with Crippen LogP contribution >= 0.6 is 0 Å². The van der Waals surface area contributed by atoms with Crippen LogP contribution in [0.3, 0.4) is 0 Å². The average Bonchev–Trinajstić information content (AvgIpc) is 2.34. The van der Waals surface area contributed by atoms with Crippen LogP contribution in [0, 0.1) is 0 Å². The number of aromatic nitrogens is 2. The van der Waals surface area contributed by atoms with E-state index in [0.29, 0.717) is 6.54 Å². The van der Waals surface area contributed by atoms with Crippen molar-refractivity contribution in [1.29, 1.82) is 0 Å². The number of rotatable bonds is 4. The molecule has 0 amide bonds. The summed E-state index contributed by atoms with van der Waals surface area (Å²) in [5.41, 5.74) is 1.98. The molecule has 0 atom stereocenters. The molecule has 3 nitrogen and oxygen atoms in total. The van der Waals surface area contributed by atoms with Crippen LogP contribution in [0.2, 0.25) is 0 Å². The first-order valence-electron chi connectivity index (χ1n) is 6.32. The molecule has 95 valence electrons. The molecule has 0 saturated carbocycles. The molecule has 0 aliphatic carbocycles. The summed E-state index contributed by atoms with van der Waals surface area (Å²) in [5, 5.41) is 4.29. The van der Waals surface area contributed by atoms with E-state index in [2.05, 4.69) is 12.0 Å². The van der Waals surface area contributed by atoms with Crippen LogP contribution in [0.5, 0.6) is 0 Å². The molecule has 1 aromatic heterocycles. The van der Waals surface area contributed by atoms with Gasteiger partial charge in [-0.15, -0.1) is 0 Å². The predicted octanol–water partition coefficient (Wildman–Crippen LogP) is 2.42. The molecule has 0 spiro atoms. The second-order valence-electron chi connectivity index (χ2n) is 3.39. The van der Waals surface area contributed by atoms with E-state index < -0.39 is 0 Å². The fraction of sp³-hybridized carbons (Fsp3) is 0.692. The molecule has 0 unspecified atom stereocenters. The summed E-state index contributed by atoms with van der Waals surface area (Å²) in [4.78, 5) is 11.7. The SMILES string of the molecule is CC.CCCc1cc(CC)c(=O)n(CC)n1.[B]. The van der Waals surface area contributed by atoms with Gasteiger partial charge in [-0.1, -0.05) is 34.1 Å². The Balaban J connectivity index is 0. The van der Waals surface area contributed by atoms with Crippen molar-refractivity contribution in [3.63, 3.8) is 0 Å². The zero-order valence-corrected chi connectivity index (χ0v) is 11.8. The zero-order valence-electron chi connectivity index (χ0n) is 11.8. The lowest BCUT2D eigenvalue weighted by Gasteiger charge is -2.06. The molecule has 0 aliphatic rings. The fourth-order valence-corrected chi connectivity index (χ4v) is 1.50. The van der Waals surface area contributed by atoms with E-state index in [1.54, 1.807) is 4.68 Å². The Kier molecular flexibility index (Phi) is 10.9. The van der Waals surface area contributed by atoms with Gasteiger partial charge < -0.3 is 0 Å². The average molecular weight is 235 g/mol. The van der Waals surface area contributed by atoms with Gasteiger partial charge in [-0.2, -0.15) is 5.10 Å². The van der Waals surface area contributed by atoms with Gasteiger partial charge in [0.05, 0.1) is 5.69 Å². The third-order valence-corrected chi connectivity index (χ3v) is 2.29. The van der Waals surface area contributed by atoms with Gasteiger partial charge in [0, 0.05) is 20.5 Å². The zero-order chi connectivity index (χ0) is 12.6. The van der Waals surface area contributed by atoms with Crippen LogP contribution in [0.25, 0.3) is 0 Å². The van der Waals surface area contributed by atoms with Crippen molar-refractivity contribution in [2.24, 2.45) is 0 Å². The van der Waals surface area contributed by atoms with Crippen LogP contribution in [0.15, 0.2) is 10.9 Å². The summed E-state index contributed by atoms with van der Waals surface area (Å²) in [6, 6.07) is 1.94. The largest absolute Gasteiger partial charge is 0.269 e. The van der Waals surface area contributed by atoms with Gasteiger partial charge in [-0.05, 0) is 25.8 Å². The van der Waals surface area contributed by atoms with Gasteiger partial charge in [-0.3, -0.25) is 4.79 Å². The molecule has 0 fully saturated rings. The quantitative estimate of drug-likeness (QED) is 0.751. The van der Waals surface area contributed by atoms with Gasteiger partial charge in [0.15, 0.2) is 0 Å². The Morgan fingerprint density at radius 3 is 2.24 bits per heavy atom. The molecular formula is C13H24BN2O. The first kappa shape index (κ1) is 18.3. The van der Waals surface area contributed by atoms with Crippen molar-refractivity contribution in [2.75, 3.05) is 0 Å². The molecule has 0 aliphatic heterocycles. The summed E-state index contributed by atoms with van der Waals surface area (Å²) in [7, 11) is 0. The monoisotopic (exact) mass is 235 g/mol. The number of nitrogens with zero attached hydrogens (tertiary/aromatic N) is 2. The molecule has 3 radical (unpaired) electrons. The first-order valence-corrected chi connectivity index (χ1v) is 6.32. The maximum absolute atomic E-state index is 11.7. The van der Waals surface area contributed by atoms with Crippen LogP contribution in [-0.2, 0) is 19.4 Å². The van der Waals surface area contributed by atoms with Gasteiger partial charge in [-0.25, -0.2) is 4.68 Å². The Bertz CT molecular complexity index is 333. The highest BCUT2D eigenvalue weighted by Gasteiger charge is 2.04. The minimum absolute atomic E-state index is 0. The Hall–Kier alpha value is -1.06. The Morgan fingerprint density at radius 1 is 1.24 bits per heavy atom. The minimum atomic E-state index is 0. The fourth-order valence-electron chi connectivity index (χ4n) is 1.50. The number of hydrogen-bond donors (Lipinski definition) is 0. The van der Waals surface area contributed by atoms with E-state index in [0.717, 1.165) is 30.5 Å². The summed E-state index contributed by atoms with van der Waals surface area (Å²) < 4.78 is 1.56. The molecule has 1 rings (SSSR count). The van der Waals surface area contributed by atoms with Gasteiger partial charge in [0.25, 0.3) is 5.56 Å². The molecule has 0 saturated heterocycles. The van der Waals surface area contributed by atoms with Crippen molar-refractivity contribution >= 4 is 8.41 Å². The van der Waals surface area contributed by atoms with E-state index in [1.165, 1.54) is 0 Å². The molecular weight excluding hydrogens is 211 g/mol. The van der Waals surface area contributed by atoms with E-state index in [4.69, 9.17) is 0 Å². The second kappa shape index (κ2) is 10.1. The molecule has 4 heteroatoms. The lowest BCUT2D eigenvalue weighted by molar-refractivity contribution is 0.587. The van der Waals surface area contributed by atoms with Crippen molar-refractivity contribution in [3.05, 3.63) is 27.7 Å². The molecule has 0 N–H and O–H groups in total. The minimum Gasteiger partial charge on any atom is -0.268 e. The van der Waals surface area contributed by atoms with Crippen molar-refractivity contribution in [2.45, 2.75) is 60.4 Å². The Morgan fingerprint density at radius 2 is 1.82 bits per heavy atom. The topological polar surface area (TPSA) is 34.9 Å². The van der Waals surface area contributed by atoms with Crippen LogP contribution in [-0.4, -0.2) is 18.2 Å². The number of aryl methyl sites for hydroxylation is 3.